The molecule has 0 radical (unpaired) electrons. The van der Waals surface area contributed by atoms with E-state index < -0.39 is 0 Å². The number of likely N-dealkylation sites (tertiary alicyclic amines) is 1. The highest BCUT2D eigenvalue weighted by atomic mass is 19.1. The quantitative estimate of drug-likeness (QED) is 0.689. The maximum absolute atomic E-state index is 13.8. The van der Waals surface area contributed by atoms with E-state index in [-0.39, 0.29) is 11.9 Å². The number of amides is 1. The molecule has 4 rings (SSSR count). The van der Waals surface area contributed by atoms with Crippen LogP contribution in [0.4, 0.5) is 10.2 Å². The van der Waals surface area contributed by atoms with Gasteiger partial charge in [0.25, 0.3) is 0 Å². The molecule has 1 fully saturated rings. The summed E-state index contributed by atoms with van der Waals surface area (Å²) in [5, 5.41) is 0.710. The van der Waals surface area contributed by atoms with Gasteiger partial charge < -0.3 is 15.5 Å². The van der Waals surface area contributed by atoms with E-state index in [1.807, 2.05) is 23.1 Å². The minimum atomic E-state index is -0.304. The minimum absolute atomic E-state index is 0.140. The first-order valence-electron chi connectivity index (χ1n) is 9.65. The van der Waals surface area contributed by atoms with Gasteiger partial charge in [-0.2, -0.15) is 0 Å². The van der Waals surface area contributed by atoms with Gasteiger partial charge in [0, 0.05) is 23.5 Å². The standard InChI is InChI=1S/C22H24FN5O/c1-27(2)17-6-7-28(13-29)20(11-17)18-9-15(14-4-3-5-16(23)8-14)10-19-21(18)25-12-26-22(19)24/h3-5,8-10,12-13,17,20H,6-7,11H2,1-2H3,(H2,24,25,26). The van der Waals surface area contributed by atoms with Crippen LogP contribution in [0.25, 0.3) is 22.0 Å². The van der Waals surface area contributed by atoms with Crippen molar-refractivity contribution in [3.05, 3.63) is 54.1 Å². The van der Waals surface area contributed by atoms with Gasteiger partial charge in [-0.3, -0.25) is 4.79 Å². The van der Waals surface area contributed by atoms with Crippen molar-refractivity contribution in [1.29, 1.82) is 0 Å². The first-order valence-corrected chi connectivity index (χ1v) is 9.65. The van der Waals surface area contributed by atoms with E-state index >= 15 is 0 Å². The van der Waals surface area contributed by atoms with Crippen LogP contribution in [0.1, 0.15) is 24.4 Å². The van der Waals surface area contributed by atoms with Gasteiger partial charge in [0.05, 0.1) is 11.6 Å². The summed E-state index contributed by atoms with van der Waals surface area (Å²) in [6.07, 6.45) is 4.06. The van der Waals surface area contributed by atoms with E-state index in [0.717, 1.165) is 41.5 Å². The van der Waals surface area contributed by atoms with Crippen LogP contribution in [-0.4, -0.2) is 52.9 Å². The summed E-state index contributed by atoms with van der Waals surface area (Å²) >= 11 is 0. The number of hydrogen-bond donors (Lipinski definition) is 1. The lowest BCUT2D eigenvalue weighted by Gasteiger charge is -2.40. The van der Waals surface area contributed by atoms with Crippen LogP contribution in [0, 0.1) is 5.82 Å². The molecule has 0 bridgehead atoms. The maximum atomic E-state index is 13.8. The number of piperidine rings is 1. The Morgan fingerprint density at radius 2 is 2.03 bits per heavy atom. The van der Waals surface area contributed by atoms with E-state index in [1.165, 1.54) is 18.5 Å². The summed E-state index contributed by atoms with van der Waals surface area (Å²) in [5.74, 6) is 0.0633. The van der Waals surface area contributed by atoms with Gasteiger partial charge in [0.2, 0.25) is 6.41 Å². The van der Waals surface area contributed by atoms with Gasteiger partial charge in [-0.15, -0.1) is 0 Å². The van der Waals surface area contributed by atoms with Crippen molar-refractivity contribution in [1.82, 2.24) is 19.8 Å². The van der Waals surface area contributed by atoms with Crippen molar-refractivity contribution in [2.24, 2.45) is 0 Å². The molecule has 29 heavy (non-hydrogen) atoms. The lowest BCUT2D eigenvalue weighted by molar-refractivity contribution is -0.122. The number of hydrogen-bond acceptors (Lipinski definition) is 5. The summed E-state index contributed by atoms with van der Waals surface area (Å²) < 4.78 is 13.8. The van der Waals surface area contributed by atoms with Crippen LogP contribution >= 0.6 is 0 Å². The first-order chi connectivity index (χ1) is 14.0. The molecule has 7 heteroatoms. The molecule has 2 aromatic carbocycles. The number of anilines is 1. The van der Waals surface area contributed by atoms with Crippen molar-refractivity contribution < 1.29 is 9.18 Å². The number of halogens is 1. The molecule has 1 aromatic heterocycles. The number of aromatic nitrogens is 2. The Morgan fingerprint density at radius 1 is 1.21 bits per heavy atom. The number of nitrogens with two attached hydrogens (primary N) is 1. The predicted octanol–water partition coefficient (Wildman–Crippen LogP) is 3.24. The summed E-state index contributed by atoms with van der Waals surface area (Å²) in [7, 11) is 4.11. The van der Waals surface area contributed by atoms with Crippen LogP contribution in [-0.2, 0) is 4.79 Å². The SMILES string of the molecule is CN(C)C1CCN(C=O)C(c2cc(-c3cccc(F)c3)cc3c(N)ncnc23)C1. The number of nitrogens with zero attached hydrogens (tertiary/aromatic N) is 4. The third-order valence-electron chi connectivity index (χ3n) is 5.80. The molecule has 150 valence electrons. The first kappa shape index (κ1) is 19.3. The summed E-state index contributed by atoms with van der Waals surface area (Å²) in [5.41, 5.74) is 9.37. The summed E-state index contributed by atoms with van der Waals surface area (Å²) in [6.45, 7) is 0.670. The van der Waals surface area contributed by atoms with Crippen molar-refractivity contribution in [3.63, 3.8) is 0 Å². The van der Waals surface area contributed by atoms with E-state index in [1.54, 1.807) is 6.07 Å². The molecule has 0 spiro atoms. The van der Waals surface area contributed by atoms with E-state index in [9.17, 15) is 9.18 Å². The van der Waals surface area contributed by atoms with Gasteiger partial charge in [-0.25, -0.2) is 14.4 Å². The molecule has 3 aromatic rings. The average molecular weight is 393 g/mol. The Hall–Kier alpha value is -3.06. The third kappa shape index (κ3) is 3.65. The fourth-order valence-corrected chi connectivity index (χ4v) is 4.17. The van der Waals surface area contributed by atoms with Crippen molar-refractivity contribution >= 4 is 23.1 Å². The molecule has 1 saturated heterocycles. The number of benzene rings is 2. The molecular formula is C22H24FN5O. The molecule has 1 amide bonds. The number of carbonyl (C=O) groups is 1. The van der Waals surface area contributed by atoms with Crippen molar-refractivity contribution in [3.8, 4) is 11.1 Å². The Labute approximate surface area is 169 Å². The molecule has 2 heterocycles. The van der Waals surface area contributed by atoms with Crippen molar-refractivity contribution in [2.75, 3.05) is 26.4 Å². The van der Waals surface area contributed by atoms with E-state index in [4.69, 9.17) is 5.73 Å². The van der Waals surface area contributed by atoms with Crippen molar-refractivity contribution in [2.45, 2.75) is 24.9 Å². The maximum Gasteiger partial charge on any atom is 0.210 e. The second kappa shape index (κ2) is 7.75. The largest absolute Gasteiger partial charge is 0.383 e. The molecule has 0 saturated carbocycles. The highest BCUT2D eigenvalue weighted by Crippen LogP contribution is 2.38. The van der Waals surface area contributed by atoms with Crippen LogP contribution in [0.15, 0.2) is 42.7 Å². The lowest BCUT2D eigenvalue weighted by atomic mass is 9.88. The zero-order chi connectivity index (χ0) is 20.5. The molecule has 2 N–H and O–H groups in total. The minimum Gasteiger partial charge on any atom is -0.383 e. The van der Waals surface area contributed by atoms with Gasteiger partial charge in [-0.05, 0) is 62.3 Å². The monoisotopic (exact) mass is 393 g/mol. The summed E-state index contributed by atoms with van der Waals surface area (Å²) in [6, 6.07) is 10.5. The Balaban J connectivity index is 1.92. The number of carbonyl (C=O) groups excluding carboxylic acids is 1. The van der Waals surface area contributed by atoms with Crippen LogP contribution < -0.4 is 5.73 Å². The number of fused-ring (bicyclic) bond motifs is 1. The average Bonchev–Trinajstić information content (AvgIpc) is 2.73. The molecule has 6 nitrogen and oxygen atoms in total. The predicted molar refractivity (Wildman–Crippen MR) is 112 cm³/mol. The zero-order valence-corrected chi connectivity index (χ0v) is 16.5. The molecule has 2 atom stereocenters. The Kier molecular flexibility index (Phi) is 5.15. The Morgan fingerprint density at radius 3 is 2.76 bits per heavy atom. The van der Waals surface area contributed by atoms with Crippen LogP contribution in [0.5, 0.6) is 0 Å². The zero-order valence-electron chi connectivity index (χ0n) is 16.5. The van der Waals surface area contributed by atoms with Gasteiger partial charge in [0.15, 0.2) is 0 Å². The second-order valence-electron chi connectivity index (χ2n) is 7.73. The van der Waals surface area contributed by atoms with Gasteiger partial charge in [-0.1, -0.05) is 12.1 Å². The van der Waals surface area contributed by atoms with Gasteiger partial charge in [0.1, 0.15) is 18.0 Å². The summed E-state index contributed by atoms with van der Waals surface area (Å²) in [4.78, 5) is 24.5. The topological polar surface area (TPSA) is 75.3 Å². The molecular weight excluding hydrogens is 369 g/mol. The highest BCUT2D eigenvalue weighted by Gasteiger charge is 2.31. The molecule has 2 unspecified atom stereocenters. The molecule has 1 aliphatic rings. The lowest BCUT2D eigenvalue weighted by Crippen LogP contribution is -2.43. The normalized spacial score (nSPS) is 19.7. The van der Waals surface area contributed by atoms with E-state index in [2.05, 4.69) is 29.0 Å². The fourth-order valence-electron chi connectivity index (χ4n) is 4.17. The smallest absolute Gasteiger partial charge is 0.210 e. The van der Waals surface area contributed by atoms with Gasteiger partial charge >= 0.3 is 0 Å². The highest BCUT2D eigenvalue weighted by molar-refractivity contribution is 5.94. The van der Waals surface area contributed by atoms with Crippen LogP contribution in [0.2, 0.25) is 0 Å². The molecule has 1 aliphatic heterocycles. The fraction of sp³-hybridized carbons (Fsp3) is 0.318. The number of nitrogen functional groups attached to an aromatic ring is 1. The molecule has 0 aliphatic carbocycles. The second-order valence-corrected chi connectivity index (χ2v) is 7.73. The Bertz CT molecular complexity index is 1050. The van der Waals surface area contributed by atoms with Crippen LogP contribution in [0.3, 0.4) is 0 Å². The number of rotatable bonds is 4. The van der Waals surface area contributed by atoms with E-state index in [0.29, 0.717) is 23.8 Å². The third-order valence-corrected chi connectivity index (χ3v) is 5.80.